The molecule has 1 aliphatic rings. The minimum atomic E-state index is -3.73. The molecule has 0 aliphatic carbocycles. The van der Waals surface area contributed by atoms with Crippen LogP contribution in [0.2, 0.25) is 0 Å². The van der Waals surface area contributed by atoms with Gasteiger partial charge in [-0.3, -0.25) is 4.79 Å². The van der Waals surface area contributed by atoms with Gasteiger partial charge in [-0.25, -0.2) is 12.8 Å². The van der Waals surface area contributed by atoms with Gasteiger partial charge in [-0.2, -0.15) is 0 Å². The van der Waals surface area contributed by atoms with Gasteiger partial charge in [0.05, 0.1) is 4.90 Å². The molecule has 9 heteroatoms. The minimum Gasteiger partial charge on any atom is -0.355 e. The van der Waals surface area contributed by atoms with E-state index in [4.69, 9.17) is 0 Å². The van der Waals surface area contributed by atoms with E-state index >= 15 is 0 Å². The molecule has 1 saturated heterocycles. The molecule has 0 saturated carbocycles. The highest BCUT2D eigenvalue weighted by Crippen LogP contribution is 2.25. The van der Waals surface area contributed by atoms with E-state index in [1.165, 1.54) is 12.1 Å². The average molecular weight is 469 g/mol. The lowest BCUT2D eigenvalue weighted by molar-refractivity contribution is -0.120. The summed E-state index contributed by atoms with van der Waals surface area (Å²) in [6, 6.07) is 14.3. The fourth-order valence-electron chi connectivity index (χ4n) is 3.75. The second kappa shape index (κ2) is 9.27. The lowest BCUT2D eigenvalue weighted by atomic mass is 9.95. The fraction of sp³-hybridized carbons (Fsp3) is 0.292. The first-order valence-electron chi connectivity index (χ1n) is 10.7. The van der Waals surface area contributed by atoms with Gasteiger partial charge in [-0.15, -0.1) is 10.2 Å². The van der Waals surface area contributed by atoms with E-state index in [0.29, 0.717) is 43.0 Å². The molecule has 33 heavy (non-hydrogen) atoms. The van der Waals surface area contributed by atoms with Gasteiger partial charge in [0.2, 0.25) is 15.7 Å². The summed E-state index contributed by atoms with van der Waals surface area (Å²) < 4.78 is 39.2. The third-order valence-electron chi connectivity index (χ3n) is 5.86. The number of piperidine rings is 1. The normalized spacial score (nSPS) is 14.8. The molecule has 2 heterocycles. The summed E-state index contributed by atoms with van der Waals surface area (Å²) in [6.07, 6.45) is 1.20. The van der Waals surface area contributed by atoms with Crippen LogP contribution >= 0.6 is 0 Å². The Morgan fingerprint density at radius 3 is 2.30 bits per heavy atom. The molecule has 1 aliphatic heterocycles. The number of carbonyl (C=O) groups is 1. The molecule has 7 nitrogen and oxygen atoms in total. The van der Waals surface area contributed by atoms with Crippen LogP contribution in [0.1, 0.15) is 24.0 Å². The zero-order chi connectivity index (χ0) is 23.6. The topological polar surface area (TPSA) is 92.3 Å². The summed E-state index contributed by atoms with van der Waals surface area (Å²) in [4.78, 5) is 14.7. The summed E-state index contributed by atoms with van der Waals surface area (Å²) in [7, 11) is -3.73. The van der Waals surface area contributed by atoms with E-state index in [1.54, 1.807) is 49.4 Å². The van der Waals surface area contributed by atoms with Crippen LogP contribution in [0.25, 0.3) is 0 Å². The third-order valence-corrected chi connectivity index (χ3v) is 7.52. The van der Waals surface area contributed by atoms with Crippen molar-refractivity contribution in [2.75, 3.05) is 23.3 Å². The predicted octanol–water partition coefficient (Wildman–Crippen LogP) is 3.92. The van der Waals surface area contributed by atoms with Crippen LogP contribution in [-0.4, -0.2) is 37.6 Å². The van der Waals surface area contributed by atoms with Crippen molar-refractivity contribution in [1.82, 2.24) is 10.2 Å². The number of amides is 1. The molecule has 172 valence electrons. The molecule has 0 spiro atoms. The number of carbonyl (C=O) groups excluding carboxylic acids is 1. The van der Waals surface area contributed by atoms with Crippen molar-refractivity contribution >= 4 is 27.2 Å². The van der Waals surface area contributed by atoms with Crippen molar-refractivity contribution in [2.24, 2.45) is 5.92 Å². The number of aryl methyl sites for hydroxylation is 2. The molecule has 0 atom stereocenters. The Labute approximate surface area is 192 Å². The SMILES string of the molecule is Cc1ccc(S(=O)(=O)c2ccc(N3CCC(C(=O)Nc4ccc(C)c(F)c4)CC3)nn2)cc1. The first kappa shape index (κ1) is 22.8. The van der Waals surface area contributed by atoms with Gasteiger partial charge in [-0.05, 0) is 68.7 Å². The number of hydrogen-bond donors (Lipinski definition) is 1. The molecule has 1 amide bonds. The van der Waals surface area contributed by atoms with Crippen molar-refractivity contribution < 1.29 is 17.6 Å². The van der Waals surface area contributed by atoms with Gasteiger partial charge in [-0.1, -0.05) is 23.8 Å². The number of nitrogens with one attached hydrogen (secondary N) is 1. The number of halogens is 1. The summed E-state index contributed by atoms with van der Waals surface area (Å²) in [6.45, 7) is 4.72. The van der Waals surface area contributed by atoms with E-state index in [9.17, 15) is 17.6 Å². The number of nitrogens with zero attached hydrogens (tertiary/aromatic N) is 3. The van der Waals surface area contributed by atoms with Crippen molar-refractivity contribution in [3.8, 4) is 0 Å². The summed E-state index contributed by atoms with van der Waals surface area (Å²) >= 11 is 0. The van der Waals surface area contributed by atoms with E-state index in [0.717, 1.165) is 5.56 Å². The highest BCUT2D eigenvalue weighted by atomic mass is 32.2. The maximum Gasteiger partial charge on any atom is 0.227 e. The number of rotatable bonds is 5. The molecule has 0 radical (unpaired) electrons. The summed E-state index contributed by atoms with van der Waals surface area (Å²) in [5.41, 5.74) is 1.94. The molecular formula is C24H25FN4O3S. The van der Waals surface area contributed by atoms with Crippen LogP contribution in [0.15, 0.2) is 64.5 Å². The number of benzene rings is 2. The molecule has 3 aromatic rings. The molecule has 1 fully saturated rings. The third kappa shape index (κ3) is 5.03. The van der Waals surface area contributed by atoms with E-state index in [-0.39, 0.29) is 27.6 Å². The standard InChI is InChI=1S/C24H25FN4O3S/c1-16-3-7-20(8-4-16)33(31,32)23-10-9-22(27-28-23)29-13-11-18(12-14-29)24(30)26-19-6-5-17(2)21(25)15-19/h3-10,15,18H,11-14H2,1-2H3,(H,26,30). The van der Waals surface area contributed by atoms with E-state index in [2.05, 4.69) is 15.5 Å². The Morgan fingerprint density at radius 1 is 1.00 bits per heavy atom. The van der Waals surface area contributed by atoms with Gasteiger partial charge < -0.3 is 10.2 Å². The van der Waals surface area contributed by atoms with Crippen molar-refractivity contribution in [3.05, 3.63) is 71.5 Å². The van der Waals surface area contributed by atoms with Gasteiger partial charge in [0.1, 0.15) is 5.82 Å². The van der Waals surface area contributed by atoms with Crippen molar-refractivity contribution in [2.45, 2.75) is 36.6 Å². The van der Waals surface area contributed by atoms with Crippen LogP contribution in [0.5, 0.6) is 0 Å². The van der Waals surface area contributed by atoms with Gasteiger partial charge in [0.15, 0.2) is 10.8 Å². The second-order valence-electron chi connectivity index (χ2n) is 8.26. The van der Waals surface area contributed by atoms with Crippen LogP contribution < -0.4 is 10.2 Å². The van der Waals surface area contributed by atoms with E-state index in [1.807, 2.05) is 11.8 Å². The first-order valence-corrected chi connectivity index (χ1v) is 12.2. The molecule has 0 bridgehead atoms. The number of anilines is 2. The number of aromatic nitrogens is 2. The fourth-order valence-corrected chi connectivity index (χ4v) is 4.88. The summed E-state index contributed by atoms with van der Waals surface area (Å²) in [5, 5.41) is 10.8. The van der Waals surface area contributed by atoms with Crippen LogP contribution in [0, 0.1) is 25.6 Å². The van der Waals surface area contributed by atoms with Crippen molar-refractivity contribution in [1.29, 1.82) is 0 Å². The van der Waals surface area contributed by atoms with Crippen molar-refractivity contribution in [3.63, 3.8) is 0 Å². The minimum absolute atomic E-state index is 0.102. The Kier molecular flexibility index (Phi) is 6.42. The first-order chi connectivity index (χ1) is 15.7. The molecule has 1 aromatic heterocycles. The molecule has 2 aromatic carbocycles. The van der Waals surface area contributed by atoms with Crippen LogP contribution in [-0.2, 0) is 14.6 Å². The highest BCUT2D eigenvalue weighted by Gasteiger charge is 2.27. The number of hydrogen-bond acceptors (Lipinski definition) is 6. The lowest BCUT2D eigenvalue weighted by Gasteiger charge is -2.31. The Morgan fingerprint density at radius 2 is 1.70 bits per heavy atom. The maximum atomic E-state index is 13.7. The van der Waals surface area contributed by atoms with Gasteiger partial charge in [0.25, 0.3) is 0 Å². The zero-order valence-corrected chi connectivity index (χ0v) is 19.3. The summed E-state index contributed by atoms with van der Waals surface area (Å²) in [5.74, 6) is -0.116. The molecule has 0 unspecified atom stereocenters. The Hall–Kier alpha value is -3.33. The quantitative estimate of drug-likeness (QED) is 0.610. The Bertz CT molecular complexity index is 1250. The smallest absolute Gasteiger partial charge is 0.227 e. The average Bonchev–Trinajstić information content (AvgIpc) is 2.82. The van der Waals surface area contributed by atoms with Gasteiger partial charge >= 0.3 is 0 Å². The lowest BCUT2D eigenvalue weighted by Crippen LogP contribution is -2.38. The molecule has 1 N–H and O–H groups in total. The largest absolute Gasteiger partial charge is 0.355 e. The zero-order valence-electron chi connectivity index (χ0n) is 18.5. The predicted molar refractivity (Wildman–Crippen MR) is 123 cm³/mol. The van der Waals surface area contributed by atoms with Crippen LogP contribution in [0.4, 0.5) is 15.9 Å². The number of sulfone groups is 1. The maximum absolute atomic E-state index is 13.7. The van der Waals surface area contributed by atoms with Gasteiger partial charge in [0, 0.05) is 24.7 Å². The van der Waals surface area contributed by atoms with Crippen LogP contribution in [0.3, 0.4) is 0 Å². The highest BCUT2D eigenvalue weighted by molar-refractivity contribution is 7.91. The molecular weight excluding hydrogens is 443 g/mol. The van der Waals surface area contributed by atoms with E-state index < -0.39 is 9.84 Å². The molecule has 4 rings (SSSR count). The second-order valence-corrected chi connectivity index (χ2v) is 10.2. The monoisotopic (exact) mass is 468 g/mol. The Balaban J connectivity index is 1.37.